The van der Waals surface area contributed by atoms with Crippen LogP contribution in [0.25, 0.3) is 0 Å². The molecule has 0 radical (unpaired) electrons. The van der Waals surface area contributed by atoms with Crippen LogP contribution in [0, 0.1) is 10.1 Å². The summed E-state index contributed by atoms with van der Waals surface area (Å²) in [6.07, 6.45) is -5.17. The molecular formula is C26H26F3N3O5S. The number of rotatable bonds is 9. The SMILES string of the molecule is O=[N+]([O-])c1cccc(S(=O)(=O)N2CCN(CCO[C@@H](c3ccccc3)c3cccc(C(F)(F)F)c3)CC2)c1. The quantitative estimate of drug-likeness (QED) is 0.283. The van der Waals surface area contributed by atoms with E-state index in [-0.39, 0.29) is 30.3 Å². The molecule has 202 valence electrons. The van der Waals surface area contributed by atoms with Crippen molar-refractivity contribution in [3.05, 3.63) is 106 Å². The Morgan fingerprint density at radius 1 is 0.895 bits per heavy atom. The van der Waals surface area contributed by atoms with Crippen LogP contribution in [0.1, 0.15) is 22.8 Å². The Bertz CT molecular complexity index is 1360. The first-order valence-corrected chi connectivity index (χ1v) is 13.3. The fourth-order valence-electron chi connectivity index (χ4n) is 4.29. The zero-order valence-electron chi connectivity index (χ0n) is 20.3. The fraction of sp³-hybridized carbons (Fsp3) is 0.308. The van der Waals surface area contributed by atoms with Crippen molar-refractivity contribution in [2.75, 3.05) is 39.3 Å². The molecule has 3 aromatic carbocycles. The number of nitrogens with zero attached hydrogens (tertiary/aromatic N) is 3. The standard InChI is InChI=1S/C26H26F3N3O5S/c27-26(28,29)22-9-4-8-21(18-22)25(20-6-2-1-3-7-20)37-17-16-30-12-14-31(15-13-30)38(35,36)24-11-5-10-23(19-24)32(33)34/h1-11,18-19,25H,12-17H2/t25-/m0/s1. The maximum Gasteiger partial charge on any atom is 0.416 e. The van der Waals surface area contributed by atoms with Gasteiger partial charge >= 0.3 is 6.18 Å². The van der Waals surface area contributed by atoms with Crippen LogP contribution in [0.2, 0.25) is 0 Å². The van der Waals surface area contributed by atoms with E-state index in [4.69, 9.17) is 4.74 Å². The van der Waals surface area contributed by atoms with Crippen molar-refractivity contribution in [3.63, 3.8) is 0 Å². The summed E-state index contributed by atoms with van der Waals surface area (Å²) in [4.78, 5) is 12.3. The van der Waals surface area contributed by atoms with Crippen molar-refractivity contribution in [2.45, 2.75) is 17.2 Å². The minimum Gasteiger partial charge on any atom is -0.367 e. The number of halogens is 3. The average molecular weight is 550 g/mol. The van der Waals surface area contributed by atoms with Crippen molar-refractivity contribution < 1.29 is 31.2 Å². The highest BCUT2D eigenvalue weighted by molar-refractivity contribution is 7.89. The maximum absolute atomic E-state index is 13.3. The lowest BCUT2D eigenvalue weighted by molar-refractivity contribution is -0.385. The predicted molar refractivity (Wildman–Crippen MR) is 134 cm³/mol. The number of hydrogen-bond acceptors (Lipinski definition) is 6. The Labute approximate surface area is 218 Å². The van der Waals surface area contributed by atoms with Crippen LogP contribution in [0.15, 0.2) is 83.8 Å². The van der Waals surface area contributed by atoms with Crippen LogP contribution in [0.4, 0.5) is 18.9 Å². The molecule has 0 bridgehead atoms. The Kier molecular flexibility index (Phi) is 8.46. The summed E-state index contributed by atoms with van der Waals surface area (Å²) in [6.45, 7) is 1.89. The molecule has 38 heavy (non-hydrogen) atoms. The summed E-state index contributed by atoms with van der Waals surface area (Å²) < 4.78 is 73.1. The van der Waals surface area contributed by atoms with E-state index >= 15 is 0 Å². The van der Waals surface area contributed by atoms with E-state index < -0.39 is 32.8 Å². The lowest BCUT2D eigenvalue weighted by Gasteiger charge is -2.34. The third-order valence-corrected chi connectivity index (χ3v) is 8.20. The number of nitro groups is 1. The van der Waals surface area contributed by atoms with Crippen molar-refractivity contribution in [1.82, 2.24) is 9.21 Å². The highest BCUT2D eigenvalue weighted by Gasteiger charge is 2.32. The number of sulfonamides is 1. The van der Waals surface area contributed by atoms with Gasteiger partial charge in [-0.25, -0.2) is 8.42 Å². The van der Waals surface area contributed by atoms with Gasteiger partial charge in [0.1, 0.15) is 6.10 Å². The summed E-state index contributed by atoms with van der Waals surface area (Å²) >= 11 is 0. The average Bonchev–Trinajstić information content (AvgIpc) is 2.91. The minimum atomic E-state index is -4.47. The van der Waals surface area contributed by atoms with Gasteiger partial charge in [-0.05, 0) is 29.3 Å². The van der Waals surface area contributed by atoms with E-state index in [1.54, 1.807) is 30.3 Å². The Morgan fingerprint density at radius 2 is 1.55 bits per heavy atom. The molecule has 0 aromatic heterocycles. The number of nitro benzene ring substituents is 1. The van der Waals surface area contributed by atoms with E-state index in [9.17, 15) is 31.7 Å². The van der Waals surface area contributed by atoms with Crippen molar-refractivity contribution in [3.8, 4) is 0 Å². The first-order chi connectivity index (χ1) is 18.1. The first kappa shape index (κ1) is 27.7. The number of alkyl halides is 3. The Hall–Kier alpha value is -3.32. The molecule has 0 unspecified atom stereocenters. The second-order valence-electron chi connectivity index (χ2n) is 8.78. The van der Waals surface area contributed by atoms with Gasteiger partial charge in [-0.15, -0.1) is 0 Å². The largest absolute Gasteiger partial charge is 0.416 e. The van der Waals surface area contributed by atoms with Crippen molar-refractivity contribution >= 4 is 15.7 Å². The monoisotopic (exact) mass is 549 g/mol. The van der Waals surface area contributed by atoms with E-state index in [1.165, 1.54) is 28.6 Å². The van der Waals surface area contributed by atoms with E-state index in [1.807, 2.05) is 11.0 Å². The van der Waals surface area contributed by atoms with Gasteiger partial charge in [-0.1, -0.05) is 48.5 Å². The Morgan fingerprint density at radius 3 is 2.21 bits per heavy atom. The molecule has 1 aliphatic heterocycles. The van der Waals surface area contributed by atoms with Gasteiger partial charge in [0.25, 0.3) is 5.69 Å². The second kappa shape index (κ2) is 11.6. The molecule has 0 spiro atoms. The minimum absolute atomic E-state index is 0.129. The van der Waals surface area contributed by atoms with Crippen molar-refractivity contribution in [1.29, 1.82) is 0 Å². The number of ether oxygens (including phenoxy) is 1. The normalized spacial score (nSPS) is 16.3. The fourth-order valence-corrected chi connectivity index (χ4v) is 5.75. The van der Waals surface area contributed by atoms with Crippen LogP contribution in [0.5, 0.6) is 0 Å². The van der Waals surface area contributed by atoms with E-state index in [0.717, 1.165) is 23.8 Å². The zero-order chi connectivity index (χ0) is 27.3. The molecule has 1 saturated heterocycles. The molecule has 8 nitrogen and oxygen atoms in total. The van der Waals surface area contributed by atoms with Crippen LogP contribution >= 0.6 is 0 Å². The third kappa shape index (κ3) is 6.57. The molecule has 0 N–H and O–H groups in total. The highest BCUT2D eigenvalue weighted by atomic mass is 32.2. The molecule has 0 amide bonds. The smallest absolute Gasteiger partial charge is 0.367 e. The number of hydrogen-bond donors (Lipinski definition) is 0. The molecule has 1 fully saturated rings. The number of piperazine rings is 1. The van der Waals surface area contributed by atoms with Crippen molar-refractivity contribution in [2.24, 2.45) is 0 Å². The molecule has 1 atom stereocenters. The molecule has 12 heteroatoms. The highest BCUT2D eigenvalue weighted by Crippen LogP contribution is 2.33. The topological polar surface area (TPSA) is 93.0 Å². The van der Waals surface area contributed by atoms with Gasteiger partial charge in [0.15, 0.2) is 0 Å². The van der Waals surface area contributed by atoms with E-state index in [2.05, 4.69) is 0 Å². The zero-order valence-corrected chi connectivity index (χ0v) is 21.1. The summed E-state index contributed by atoms with van der Waals surface area (Å²) in [5, 5.41) is 11.0. The van der Waals surface area contributed by atoms with Gasteiger partial charge in [0.05, 0.1) is 22.0 Å². The van der Waals surface area contributed by atoms with Crippen LogP contribution in [-0.4, -0.2) is 61.9 Å². The molecule has 0 aliphatic carbocycles. The van der Waals surface area contributed by atoms with E-state index in [0.29, 0.717) is 25.2 Å². The van der Waals surface area contributed by atoms with Gasteiger partial charge in [0.2, 0.25) is 10.0 Å². The molecule has 1 aliphatic rings. The third-order valence-electron chi connectivity index (χ3n) is 6.31. The van der Waals surface area contributed by atoms with Gasteiger partial charge in [0, 0.05) is 44.9 Å². The summed E-state index contributed by atoms with van der Waals surface area (Å²) in [7, 11) is -3.88. The van der Waals surface area contributed by atoms with Crippen LogP contribution < -0.4 is 0 Å². The maximum atomic E-state index is 13.3. The second-order valence-corrected chi connectivity index (χ2v) is 10.7. The molecule has 3 aromatic rings. The molecular weight excluding hydrogens is 523 g/mol. The number of non-ortho nitro benzene ring substituents is 1. The lowest BCUT2D eigenvalue weighted by atomic mass is 9.99. The van der Waals surface area contributed by atoms with Gasteiger partial charge < -0.3 is 4.74 Å². The van der Waals surface area contributed by atoms with Crippen LogP contribution in [0.3, 0.4) is 0 Å². The first-order valence-electron chi connectivity index (χ1n) is 11.9. The lowest BCUT2D eigenvalue weighted by Crippen LogP contribution is -2.49. The van der Waals surface area contributed by atoms with Crippen LogP contribution in [-0.2, 0) is 20.9 Å². The van der Waals surface area contributed by atoms with Gasteiger partial charge in [-0.3, -0.25) is 15.0 Å². The summed E-state index contributed by atoms with van der Waals surface area (Å²) in [5.41, 5.74) is 0.0646. The summed E-state index contributed by atoms with van der Waals surface area (Å²) in [6, 6.07) is 19.0. The Balaban J connectivity index is 1.38. The number of benzene rings is 3. The van der Waals surface area contributed by atoms with Gasteiger partial charge in [-0.2, -0.15) is 17.5 Å². The molecule has 4 rings (SSSR count). The predicted octanol–water partition coefficient (Wildman–Crippen LogP) is 4.73. The summed E-state index contributed by atoms with van der Waals surface area (Å²) in [5.74, 6) is 0. The molecule has 0 saturated carbocycles. The molecule has 1 heterocycles.